The van der Waals surface area contributed by atoms with Gasteiger partial charge in [-0.3, -0.25) is 5.32 Å². The molecule has 3 rings (SSSR count). The molecule has 0 bridgehead atoms. The molecule has 0 aliphatic carbocycles. The molecule has 2 aromatic carbocycles. The summed E-state index contributed by atoms with van der Waals surface area (Å²) in [6.45, 7) is 1.51. The average molecular weight is 311 g/mol. The number of carbonyl (C=O) groups is 1. The van der Waals surface area contributed by atoms with E-state index in [1.165, 1.54) is 11.6 Å². The molecule has 0 unspecified atom stereocenters. The van der Waals surface area contributed by atoms with Crippen LogP contribution in [0.3, 0.4) is 0 Å². The highest BCUT2D eigenvalue weighted by Gasteiger charge is 2.21. The summed E-state index contributed by atoms with van der Waals surface area (Å²) in [6.07, 6.45) is -0.785. The minimum Gasteiger partial charge on any atom is -0.388 e. The monoisotopic (exact) mass is 311 g/mol. The molecule has 1 heterocycles. The molecule has 1 N–H and O–H groups in total. The van der Waals surface area contributed by atoms with E-state index in [2.05, 4.69) is 10.4 Å². The van der Waals surface area contributed by atoms with Crippen molar-refractivity contribution in [1.29, 1.82) is 0 Å². The van der Waals surface area contributed by atoms with Crippen molar-refractivity contribution in [3.8, 4) is 11.6 Å². The second kappa shape index (κ2) is 6.31. The van der Waals surface area contributed by atoms with Gasteiger partial charge in [0.15, 0.2) is 0 Å². The number of hydrogen-bond acceptors (Lipinski definition) is 3. The van der Waals surface area contributed by atoms with Crippen molar-refractivity contribution < 1.29 is 13.9 Å². The van der Waals surface area contributed by atoms with Gasteiger partial charge in [-0.1, -0.05) is 36.4 Å². The van der Waals surface area contributed by atoms with Gasteiger partial charge in [-0.2, -0.15) is 14.2 Å². The maximum atomic E-state index is 14.2. The Hall–Kier alpha value is -3.15. The number of para-hydroxylation sites is 2. The van der Waals surface area contributed by atoms with Crippen LogP contribution in [0.4, 0.5) is 14.9 Å². The van der Waals surface area contributed by atoms with E-state index in [0.29, 0.717) is 11.4 Å². The predicted octanol–water partition coefficient (Wildman–Crippen LogP) is 3.93. The van der Waals surface area contributed by atoms with E-state index >= 15 is 0 Å². The highest BCUT2D eigenvalue weighted by Crippen LogP contribution is 2.24. The Balaban J connectivity index is 1.86. The Morgan fingerprint density at radius 2 is 1.70 bits per heavy atom. The van der Waals surface area contributed by atoms with Crippen LogP contribution in [0.5, 0.6) is 5.88 Å². The van der Waals surface area contributed by atoms with Crippen LogP contribution in [0.2, 0.25) is 0 Å². The zero-order valence-electron chi connectivity index (χ0n) is 12.4. The maximum absolute atomic E-state index is 14.2. The van der Waals surface area contributed by atoms with Gasteiger partial charge in [0.2, 0.25) is 5.82 Å². The van der Waals surface area contributed by atoms with Crippen molar-refractivity contribution in [2.75, 3.05) is 5.32 Å². The minimum atomic E-state index is -0.785. The average Bonchev–Trinajstić information content (AvgIpc) is 2.85. The normalized spacial score (nSPS) is 10.3. The third-order valence-electron chi connectivity index (χ3n) is 3.16. The molecular formula is C17H14FN3O2. The third kappa shape index (κ3) is 3.21. The van der Waals surface area contributed by atoms with Gasteiger partial charge in [-0.15, -0.1) is 0 Å². The number of benzene rings is 2. The van der Waals surface area contributed by atoms with E-state index in [4.69, 9.17) is 4.74 Å². The van der Waals surface area contributed by atoms with Crippen molar-refractivity contribution in [2.45, 2.75) is 6.92 Å². The number of carbonyl (C=O) groups excluding carboxylic acids is 1. The molecule has 6 heteroatoms. The number of anilines is 1. The summed E-state index contributed by atoms with van der Waals surface area (Å²) in [7, 11) is 0. The molecule has 0 aliphatic heterocycles. The lowest BCUT2D eigenvalue weighted by atomic mass is 10.3. The fourth-order valence-electron chi connectivity index (χ4n) is 2.07. The number of hydrogen-bond donors (Lipinski definition) is 1. The highest BCUT2D eigenvalue weighted by molar-refractivity contribution is 5.86. The van der Waals surface area contributed by atoms with Crippen molar-refractivity contribution in [2.24, 2.45) is 0 Å². The summed E-state index contributed by atoms with van der Waals surface area (Å²) in [4.78, 5) is 12.0. The zero-order valence-corrected chi connectivity index (χ0v) is 12.4. The number of rotatable bonds is 3. The van der Waals surface area contributed by atoms with Crippen LogP contribution in [0.1, 0.15) is 5.69 Å². The summed E-state index contributed by atoms with van der Waals surface area (Å²) in [5, 5.41) is 6.61. The number of aryl methyl sites for hydroxylation is 1. The van der Waals surface area contributed by atoms with Crippen LogP contribution in [-0.4, -0.2) is 15.9 Å². The number of aromatic nitrogens is 2. The number of nitrogens with zero attached hydrogens (tertiary/aromatic N) is 2. The molecular weight excluding hydrogens is 297 g/mol. The van der Waals surface area contributed by atoms with Crippen LogP contribution in [-0.2, 0) is 0 Å². The quantitative estimate of drug-likeness (QED) is 0.797. The van der Waals surface area contributed by atoms with Gasteiger partial charge in [-0.05, 0) is 31.2 Å². The summed E-state index contributed by atoms with van der Waals surface area (Å²) in [5.74, 6) is -0.917. The lowest BCUT2D eigenvalue weighted by Crippen LogP contribution is -2.19. The summed E-state index contributed by atoms with van der Waals surface area (Å²) < 4.78 is 20.6. The van der Waals surface area contributed by atoms with Gasteiger partial charge in [0.25, 0.3) is 5.88 Å². The van der Waals surface area contributed by atoms with E-state index in [9.17, 15) is 9.18 Å². The molecule has 1 aromatic heterocycles. The Kier molecular flexibility index (Phi) is 4.05. The molecule has 5 nitrogen and oxygen atoms in total. The summed E-state index contributed by atoms with van der Waals surface area (Å²) in [5.41, 5.74) is 1.30. The SMILES string of the molecule is Cc1nn(-c2ccccc2)c(OC(=O)Nc2ccccc2)c1F. The van der Waals surface area contributed by atoms with E-state index in [0.717, 1.165) is 0 Å². The number of ether oxygens (including phenoxy) is 1. The van der Waals surface area contributed by atoms with Crippen LogP contribution in [0.15, 0.2) is 60.7 Å². The predicted molar refractivity (Wildman–Crippen MR) is 84.3 cm³/mol. The Labute approximate surface area is 132 Å². The van der Waals surface area contributed by atoms with Crippen molar-refractivity contribution in [1.82, 2.24) is 9.78 Å². The molecule has 0 aliphatic rings. The molecule has 1 amide bonds. The molecule has 0 saturated heterocycles. The lowest BCUT2D eigenvalue weighted by Gasteiger charge is -2.09. The smallest absolute Gasteiger partial charge is 0.388 e. The standard InChI is InChI=1S/C17H14FN3O2/c1-12-15(18)16(21(20-12)14-10-6-3-7-11-14)23-17(22)19-13-8-4-2-5-9-13/h2-11H,1H3,(H,19,22). The van der Waals surface area contributed by atoms with Gasteiger partial charge in [0.05, 0.1) is 11.4 Å². The first-order valence-electron chi connectivity index (χ1n) is 6.99. The third-order valence-corrected chi connectivity index (χ3v) is 3.16. The van der Waals surface area contributed by atoms with Crippen molar-refractivity contribution >= 4 is 11.8 Å². The minimum absolute atomic E-state index is 0.149. The number of amides is 1. The second-order valence-corrected chi connectivity index (χ2v) is 4.83. The van der Waals surface area contributed by atoms with Gasteiger partial charge in [0.1, 0.15) is 0 Å². The van der Waals surface area contributed by atoms with Crippen molar-refractivity contribution in [3.63, 3.8) is 0 Å². The Morgan fingerprint density at radius 3 is 2.35 bits per heavy atom. The van der Waals surface area contributed by atoms with E-state index < -0.39 is 11.9 Å². The first-order valence-corrected chi connectivity index (χ1v) is 6.99. The molecule has 0 saturated carbocycles. The first-order chi connectivity index (χ1) is 11.1. The second-order valence-electron chi connectivity index (χ2n) is 4.83. The fraction of sp³-hybridized carbons (Fsp3) is 0.0588. The molecule has 116 valence electrons. The molecule has 3 aromatic rings. The largest absolute Gasteiger partial charge is 0.418 e. The van der Waals surface area contributed by atoms with E-state index in [1.807, 2.05) is 12.1 Å². The molecule has 23 heavy (non-hydrogen) atoms. The first kappa shape index (κ1) is 14.8. The lowest BCUT2D eigenvalue weighted by molar-refractivity contribution is 0.209. The van der Waals surface area contributed by atoms with E-state index in [-0.39, 0.29) is 11.6 Å². The Morgan fingerprint density at radius 1 is 1.09 bits per heavy atom. The molecule has 0 spiro atoms. The molecule has 0 radical (unpaired) electrons. The number of nitrogens with one attached hydrogen (secondary N) is 1. The summed E-state index contributed by atoms with van der Waals surface area (Å²) >= 11 is 0. The van der Waals surface area contributed by atoms with Crippen molar-refractivity contribution in [3.05, 3.63) is 72.2 Å². The highest BCUT2D eigenvalue weighted by atomic mass is 19.1. The summed E-state index contributed by atoms with van der Waals surface area (Å²) in [6, 6.07) is 17.7. The van der Waals surface area contributed by atoms with Gasteiger partial charge >= 0.3 is 6.09 Å². The van der Waals surface area contributed by atoms with Crippen LogP contribution in [0.25, 0.3) is 5.69 Å². The maximum Gasteiger partial charge on any atom is 0.418 e. The topological polar surface area (TPSA) is 56.2 Å². The van der Waals surface area contributed by atoms with Crippen LogP contribution >= 0.6 is 0 Å². The molecule has 0 fully saturated rings. The number of halogens is 1. The van der Waals surface area contributed by atoms with Gasteiger partial charge in [-0.25, -0.2) is 4.79 Å². The fourth-order valence-corrected chi connectivity index (χ4v) is 2.07. The zero-order chi connectivity index (χ0) is 16.2. The van der Waals surface area contributed by atoms with E-state index in [1.54, 1.807) is 48.5 Å². The van der Waals surface area contributed by atoms with Crippen LogP contribution in [0, 0.1) is 12.7 Å². The van der Waals surface area contributed by atoms with Gasteiger partial charge < -0.3 is 4.74 Å². The van der Waals surface area contributed by atoms with Gasteiger partial charge in [0, 0.05) is 5.69 Å². The Bertz CT molecular complexity index is 817. The van der Waals surface area contributed by atoms with Crippen LogP contribution < -0.4 is 10.1 Å². The molecule has 0 atom stereocenters.